The molecule has 2 aromatic heterocycles. The summed E-state index contributed by atoms with van der Waals surface area (Å²) < 4.78 is 5.90. The lowest BCUT2D eigenvalue weighted by molar-refractivity contribution is 0.0994. The second kappa shape index (κ2) is 7.46. The van der Waals surface area contributed by atoms with Crippen LogP contribution in [0.1, 0.15) is 26.5 Å². The summed E-state index contributed by atoms with van der Waals surface area (Å²) in [6.45, 7) is 1.88. The number of carbonyl (C=O) groups excluding carboxylic acids is 2. The average Bonchev–Trinajstić information content (AvgIpc) is 3.33. The molecule has 0 saturated heterocycles. The first-order chi connectivity index (χ1) is 13.5. The fraction of sp³-hybridized carbons (Fsp3) is 0.0500. The number of halogens is 1. The Bertz CT molecular complexity index is 1180. The molecule has 0 spiro atoms. The van der Waals surface area contributed by atoms with E-state index in [2.05, 4.69) is 15.6 Å². The number of nitrogens with one attached hydrogen (secondary N) is 2. The van der Waals surface area contributed by atoms with E-state index in [4.69, 9.17) is 16.0 Å². The minimum Gasteiger partial charge on any atom is -0.459 e. The van der Waals surface area contributed by atoms with Gasteiger partial charge in [-0.2, -0.15) is 0 Å². The third-order valence-corrected chi connectivity index (χ3v) is 5.39. The van der Waals surface area contributed by atoms with Gasteiger partial charge in [-0.15, -0.1) is 0 Å². The molecule has 0 fully saturated rings. The zero-order chi connectivity index (χ0) is 19.7. The molecule has 0 atom stereocenters. The summed E-state index contributed by atoms with van der Waals surface area (Å²) in [5.41, 5.74) is 2.73. The molecule has 0 aliphatic rings. The number of amides is 2. The van der Waals surface area contributed by atoms with Crippen molar-refractivity contribution < 1.29 is 14.0 Å². The number of fused-ring (bicyclic) bond motifs is 1. The molecule has 2 amide bonds. The predicted octanol–water partition coefficient (Wildman–Crippen LogP) is 5.36. The number of nitrogens with zero attached hydrogens (tertiary/aromatic N) is 1. The van der Waals surface area contributed by atoms with Crippen LogP contribution < -0.4 is 10.6 Å². The average molecular weight is 412 g/mol. The second-order valence-corrected chi connectivity index (χ2v) is 7.49. The Balaban J connectivity index is 1.52. The van der Waals surface area contributed by atoms with Crippen LogP contribution in [-0.2, 0) is 0 Å². The predicted molar refractivity (Wildman–Crippen MR) is 110 cm³/mol. The molecule has 2 heterocycles. The summed E-state index contributed by atoms with van der Waals surface area (Å²) in [6, 6.07) is 13.7. The highest BCUT2D eigenvalue weighted by Crippen LogP contribution is 2.29. The van der Waals surface area contributed by atoms with E-state index in [0.717, 1.165) is 15.8 Å². The Morgan fingerprint density at radius 3 is 2.68 bits per heavy atom. The van der Waals surface area contributed by atoms with Gasteiger partial charge in [0.2, 0.25) is 0 Å². The Labute approximate surface area is 169 Å². The number of hydrogen-bond donors (Lipinski definition) is 2. The molecule has 4 rings (SSSR count). The number of rotatable bonds is 4. The summed E-state index contributed by atoms with van der Waals surface area (Å²) in [4.78, 5) is 28.9. The monoisotopic (exact) mass is 411 g/mol. The molecule has 4 aromatic rings. The van der Waals surface area contributed by atoms with Gasteiger partial charge in [-0.3, -0.25) is 14.9 Å². The largest absolute Gasteiger partial charge is 0.459 e. The molecule has 0 radical (unpaired) electrons. The van der Waals surface area contributed by atoms with E-state index in [0.29, 0.717) is 21.4 Å². The van der Waals surface area contributed by atoms with Crippen molar-refractivity contribution in [2.24, 2.45) is 0 Å². The van der Waals surface area contributed by atoms with E-state index in [-0.39, 0.29) is 17.6 Å². The molecule has 0 bridgehead atoms. The van der Waals surface area contributed by atoms with Gasteiger partial charge in [-0.25, -0.2) is 4.98 Å². The van der Waals surface area contributed by atoms with Crippen LogP contribution in [-0.4, -0.2) is 16.8 Å². The van der Waals surface area contributed by atoms with Crippen LogP contribution in [0, 0.1) is 6.92 Å². The summed E-state index contributed by atoms with van der Waals surface area (Å²) in [5, 5.41) is 6.55. The van der Waals surface area contributed by atoms with Crippen molar-refractivity contribution in [3.05, 3.63) is 76.7 Å². The molecule has 6 nitrogen and oxygen atoms in total. The standard InChI is InChI=1S/C20H14ClN3O3S/c1-11-4-5-12(9-14(11)21)18(25)22-13-6-7-15-17(10-13)28-20(23-15)24-19(26)16-3-2-8-27-16/h2-10H,1H3,(H,22,25)(H,23,24,26). The number of aryl methyl sites for hydroxylation is 1. The maximum absolute atomic E-state index is 12.4. The minimum atomic E-state index is -0.367. The van der Waals surface area contributed by atoms with E-state index in [1.165, 1.54) is 17.6 Å². The van der Waals surface area contributed by atoms with Gasteiger partial charge < -0.3 is 9.73 Å². The fourth-order valence-electron chi connectivity index (χ4n) is 2.56. The summed E-state index contributed by atoms with van der Waals surface area (Å²) in [6.07, 6.45) is 1.43. The molecular weight excluding hydrogens is 398 g/mol. The van der Waals surface area contributed by atoms with Gasteiger partial charge in [-0.1, -0.05) is 29.0 Å². The van der Waals surface area contributed by atoms with Gasteiger partial charge in [0.05, 0.1) is 16.5 Å². The number of anilines is 2. The third kappa shape index (κ3) is 3.76. The minimum absolute atomic E-state index is 0.212. The normalized spacial score (nSPS) is 10.8. The molecule has 2 aromatic carbocycles. The van der Waals surface area contributed by atoms with E-state index < -0.39 is 0 Å². The van der Waals surface area contributed by atoms with Crippen molar-refractivity contribution in [1.29, 1.82) is 0 Å². The molecule has 140 valence electrons. The first kappa shape index (κ1) is 18.2. The van der Waals surface area contributed by atoms with Crippen LogP contribution in [0.4, 0.5) is 10.8 Å². The first-order valence-electron chi connectivity index (χ1n) is 8.32. The van der Waals surface area contributed by atoms with Crippen molar-refractivity contribution in [2.75, 3.05) is 10.6 Å². The van der Waals surface area contributed by atoms with Gasteiger partial charge in [-0.05, 0) is 55.0 Å². The van der Waals surface area contributed by atoms with Crippen molar-refractivity contribution in [1.82, 2.24) is 4.98 Å². The number of thiazole rings is 1. The van der Waals surface area contributed by atoms with Crippen molar-refractivity contribution in [3.63, 3.8) is 0 Å². The van der Waals surface area contributed by atoms with Crippen LogP contribution in [0.2, 0.25) is 5.02 Å². The highest BCUT2D eigenvalue weighted by atomic mass is 35.5. The van der Waals surface area contributed by atoms with Crippen molar-refractivity contribution in [2.45, 2.75) is 6.92 Å². The maximum atomic E-state index is 12.4. The lowest BCUT2D eigenvalue weighted by Gasteiger charge is -2.06. The molecule has 8 heteroatoms. The number of benzene rings is 2. The van der Waals surface area contributed by atoms with Crippen LogP contribution in [0.15, 0.2) is 59.2 Å². The van der Waals surface area contributed by atoms with Gasteiger partial charge in [0.25, 0.3) is 11.8 Å². The lowest BCUT2D eigenvalue weighted by atomic mass is 10.1. The van der Waals surface area contributed by atoms with Crippen LogP contribution in [0.5, 0.6) is 0 Å². The maximum Gasteiger partial charge on any atom is 0.293 e. The van der Waals surface area contributed by atoms with Gasteiger partial charge >= 0.3 is 0 Å². The molecular formula is C20H14ClN3O3S. The molecule has 0 aliphatic heterocycles. The SMILES string of the molecule is Cc1ccc(C(=O)Nc2ccc3nc(NC(=O)c4ccco4)sc3c2)cc1Cl. The van der Waals surface area contributed by atoms with Crippen LogP contribution >= 0.6 is 22.9 Å². The summed E-state index contributed by atoms with van der Waals surface area (Å²) in [7, 11) is 0. The highest BCUT2D eigenvalue weighted by Gasteiger charge is 2.13. The molecule has 0 unspecified atom stereocenters. The van der Waals surface area contributed by atoms with Gasteiger partial charge in [0.1, 0.15) is 0 Å². The van der Waals surface area contributed by atoms with Crippen molar-refractivity contribution in [3.8, 4) is 0 Å². The van der Waals surface area contributed by atoms with Gasteiger partial charge in [0, 0.05) is 16.3 Å². The molecule has 2 N–H and O–H groups in total. The number of carbonyl (C=O) groups is 2. The molecule has 28 heavy (non-hydrogen) atoms. The Hall–Kier alpha value is -3.16. The third-order valence-electron chi connectivity index (χ3n) is 4.05. The van der Waals surface area contributed by atoms with Gasteiger partial charge in [0.15, 0.2) is 10.9 Å². The molecule has 0 saturated carbocycles. The fourth-order valence-corrected chi connectivity index (χ4v) is 3.64. The van der Waals surface area contributed by atoms with Crippen LogP contribution in [0.3, 0.4) is 0 Å². The van der Waals surface area contributed by atoms with E-state index in [9.17, 15) is 9.59 Å². The second-order valence-electron chi connectivity index (χ2n) is 6.05. The highest BCUT2D eigenvalue weighted by molar-refractivity contribution is 7.22. The summed E-state index contributed by atoms with van der Waals surface area (Å²) >= 11 is 7.40. The van der Waals surface area contributed by atoms with E-state index in [1.54, 1.807) is 42.5 Å². The van der Waals surface area contributed by atoms with E-state index >= 15 is 0 Å². The zero-order valence-electron chi connectivity index (χ0n) is 14.7. The lowest BCUT2D eigenvalue weighted by Crippen LogP contribution is -2.11. The Morgan fingerprint density at radius 2 is 1.93 bits per heavy atom. The topological polar surface area (TPSA) is 84.2 Å². The zero-order valence-corrected chi connectivity index (χ0v) is 16.2. The number of furan rings is 1. The number of hydrogen-bond acceptors (Lipinski definition) is 5. The first-order valence-corrected chi connectivity index (χ1v) is 9.52. The summed E-state index contributed by atoms with van der Waals surface area (Å²) in [5.74, 6) is -0.407. The Kier molecular flexibility index (Phi) is 4.85. The van der Waals surface area contributed by atoms with Crippen LogP contribution in [0.25, 0.3) is 10.2 Å². The Morgan fingerprint density at radius 1 is 1.07 bits per heavy atom. The quantitative estimate of drug-likeness (QED) is 0.473. The van der Waals surface area contributed by atoms with Crippen molar-refractivity contribution >= 4 is 55.8 Å². The smallest absolute Gasteiger partial charge is 0.293 e. The molecule has 0 aliphatic carbocycles. The number of aromatic nitrogens is 1. The van der Waals surface area contributed by atoms with E-state index in [1.807, 2.05) is 13.0 Å².